The lowest BCUT2D eigenvalue weighted by Crippen LogP contribution is -2.44. The second kappa shape index (κ2) is 6.21. The van der Waals surface area contributed by atoms with Crippen LogP contribution in [0.2, 0.25) is 0 Å². The molecule has 0 radical (unpaired) electrons. The molecule has 4 heterocycles. The van der Waals surface area contributed by atoms with Crippen LogP contribution in [0.1, 0.15) is 5.56 Å². The van der Waals surface area contributed by atoms with E-state index in [2.05, 4.69) is 5.10 Å². The molecule has 2 saturated heterocycles. The fourth-order valence-corrected chi connectivity index (χ4v) is 4.41. The van der Waals surface area contributed by atoms with E-state index in [1.54, 1.807) is 34.8 Å². The van der Waals surface area contributed by atoms with Crippen molar-refractivity contribution in [2.45, 2.75) is 18.2 Å². The fraction of sp³-hybridized carbons (Fsp3) is 0.611. The Labute approximate surface area is 152 Å². The minimum atomic E-state index is -0.662. The highest BCUT2D eigenvalue weighted by atomic mass is 16.5. The van der Waals surface area contributed by atoms with E-state index >= 15 is 0 Å². The first kappa shape index (κ1) is 17.2. The Morgan fingerprint density at radius 1 is 1.54 bits per heavy atom. The van der Waals surface area contributed by atoms with Crippen molar-refractivity contribution in [2.75, 3.05) is 33.9 Å². The van der Waals surface area contributed by atoms with E-state index in [4.69, 9.17) is 9.47 Å². The summed E-state index contributed by atoms with van der Waals surface area (Å²) < 4.78 is 12.9. The van der Waals surface area contributed by atoms with Crippen molar-refractivity contribution in [1.82, 2.24) is 19.6 Å². The zero-order valence-corrected chi connectivity index (χ0v) is 15.3. The third kappa shape index (κ3) is 2.55. The van der Waals surface area contributed by atoms with Crippen LogP contribution >= 0.6 is 0 Å². The SMILES string of the molecule is COCCN1C[C@]23C=C[C@H](O2)[C@@H](C(=O)N(C)Cc2cnn(C)c2)[C@H]3C1=O. The van der Waals surface area contributed by atoms with Crippen LogP contribution in [0.25, 0.3) is 0 Å². The summed E-state index contributed by atoms with van der Waals surface area (Å²) in [5, 5.41) is 4.14. The zero-order valence-electron chi connectivity index (χ0n) is 15.3. The highest BCUT2D eigenvalue weighted by Crippen LogP contribution is 2.52. The molecule has 8 nitrogen and oxygen atoms in total. The quantitative estimate of drug-likeness (QED) is 0.657. The number of hydrogen-bond donors (Lipinski definition) is 0. The minimum absolute atomic E-state index is 0.0120. The molecule has 1 spiro atoms. The lowest BCUT2D eigenvalue weighted by molar-refractivity contribution is -0.142. The number of rotatable bonds is 6. The van der Waals surface area contributed by atoms with Crippen molar-refractivity contribution in [2.24, 2.45) is 18.9 Å². The van der Waals surface area contributed by atoms with Gasteiger partial charge in [-0.15, -0.1) is 0 Å². The molecular formula is C18H24N4O4. The summed E-state index contributed by atoms with van der Waals surface area (Å²) in [6, 6.07) is 0. The average Bonchev–Trinajstić information content (AvgIpc) is 3.34. The lowest BCUT2D eigenvalue weighted by Gasteiger charge is -2.27. The third-order valence-corrected chi connectivity index (χ3v) is 5.58. The van der Waals surface area contributed by atoms with Crippen LogP contribution in [0, 0.1) is 11.8 Å². The van der Waals surface area contributed by atoms with Crippen molar-refractivity contribution < 1.29 is 19.1 Å². The molecule has 4 rings (SSSR count). The maximum Gasteiger partial charge on any atom is 0.230 e. The first-order chi connectivity index (χ1) is 12.4. The first-order valence-electron chi connectivity index (χ1n) is 8.82. The van der Waals surface area contributed by atoms with E-state index in [0.29, 0.717) is 26.2 Å². The Morgan fingerprint density at radius 3 is 3.04 bits per heavy atom. The van der Waals surface area contributed by atoms with Crippen LogP contribution in [0.5, 0.6) is 0 Å². The summed E-state index contributed by atoms with van der Waals surface area (Å²) >= 11 is 0. The standard InChI is InChI=1S/C18H24N4O4/c1-20(9-12-8-19-21(2)10-12)16(23)14-13-4-5-18(26-13)11-22(6-7-25-3)17(24)15(14)18/h4-5,8,10,13-15H,6-7,9,11H2,1-3H3/t13-,14+,15-,18-/m0/s1. The number of likely N-dealkylation sites (tertiary alicyclic amines) is 1. The number of ether oxygens (including phenoxy) is 2. The molecule has 0 aromatic carbocycles. The second-order valence-corrected chi connectivity index (χ2v) is 7.37. The predicted octanol–water partition coefficient (Wildman–Crippen LogP) is -0.193. The van der Waals surface area contributed by atoms with Gasteiger partial charge in [-0.25, -0.2) is 0 Å². The van der Waals surface area contributed by atoms with Crippen molar-refractivity contribution in [3.63, 3.8) is 0 Å². The van der Waals surface area contributed by atoms with Crippen molar-refractivity contribution in [3.8, 4) is 0 Å². The summed E-state index contributed by atoms with van der Waals surface area (Å²) in [5.41, 5.74) is 0.294. The van der Waals surface area contributed by atoms with Gasteiger partial charge in [0.05, 0.1) is 37.3 Å². The van der Waals surface area contributed by atoms with E-state index < -0.39 is 17.4 Å². The van der Waals surface area contributed by atoms with Gasteiger partial charge >= 0.3 is 0 Å². The van der Waals surface area contributed by atoms with Gasteiger partial charge in [0.15, 0.2) is 0 Å². The number of carbonyl (C=O) groups excluding carboxylic acids is 2. The smallest absolute Gasteiger partial charge is 0.230 e. The molecule has 2 amide bonds. The van der Waals surface area contributed by atoms with Crippen LogP contribution in [-0.2, 0) is 32.7 Å². The van der Waals surface area contributed by atoms with Gasteiger partial charge in [0.1, 0.15) is 5.60 Å². The van der Waals surface area contributed by atoms with Crippen LogP contribution in [0.3, 0.4) is 0 Å². The Balaban J connectivity index is 1.52. The van der Waals surface area contributed by atoms with E-state index in [9.17, 15) is 9.59 Å². The van der Waals surface area contributed by atoms with E-state index in [0.717, 1.165) is 5.56 Å². The van der Waals surface area contributed by atoms with Gasteiger partial charge in [0, 0.05) is 46.1 Å². The van der Waals surface area contributed by atoms with Gasteiger partial charge in [-0.2, -0.15) is 5.10 Å². The average molecular weight is 360 g/mol. The highest BCUT2D eigenvalue weighted by Gasteiger charge is 2.66. The third-order valence-electron chi connectivity index (χ3n) is 5.58. The van der Waals surface area contributed by atoms with Crippen LogP contribution < -0.4 is 0 Å². The molecule has 3 aliphatic heterocycles. The Bertz CT molecular complexity index is 760. The van der Waals surface area contributed by atoms with E-state index in [-0.39, 0.29) is 17.9 Å². The van der Waals surface area contributed by atoms with Gasteiger partial charge in [-0.3, -0.25) is 14.3 Å². The molecule has 3 aliphatic rings. The Hall–Kier alpha value is -2.19. The molecule has 0 unspecified atom stereocenters. The largest absolute Gasteiger partial charge is 0.383 e. The van der Waals surface area contributed by atoms with Crippen molar-refractivity contribution in [3.05, 3.63) is 30.1 Å². The topological polar surface area (TPSA) is 76.9 Å². The summed E-state index contributed by atoms with van der Waals surface area (Å²) in [4.78, 5) is 29.5. The van der Waals surface area contributed by atoms with Gasteiger partial charge in [-0.1, -0.05) is 12.2 Å². The number of amides is 2. The summed E-state index contributed by atoms with van der Waals surface area (Å²) in [5.74, 6) is -0.987. The van der Waals surface area contributed by atoms with Crippen LogP contribution in [-0.4, -0.2) is 77.0 Å². The number of fused-ring (bicyclic) bond motifs is 1. The molecule has 0 N–H and O–H groups in total. The summed E-state index contributed by atoms with van der Waals surface area (Å²) in [6.07, 6.45) is 7.21. The van der Waals surface area contributed by atoms with Crippen LogP contribution in [0.4, 0.5) is 0 Å². The normalized spacial score (nSPS) is 31.7. The highest BCUT2D eigenvalue weighted by molar-refractivity contribution is 5.93. The molecule has 4 atom stereocenters. The molecule has 2 bridgehead atoms. The van der Waals surface area contributed by atoms with Crippen LogP contribution in [0.15, 0.2) is 24.5 Å². The second-order valence-electron chi connectivity index (χ2n) is 7.37. The number of nitrogens with zero attached hydrogens (tertiary/aromatic N) is 4. The minimum Gasteiger partial charge on any atom is -0.383 e. The van der Waals surface area contributed by atoms with Crippen molar-refractivity contribution in [1.29, 1.82) is 0 Å². The Kier molecular flexibility index (Phi) is 4.11. The zero-order chi connectivity index (χ0) is 18.5. The van der Waals surface area contributed by atoms with Gasteiger partial charge in [0.2, 0.25) is 11.8 Å². The summed E-state index contributed by atoms with van der Waals surface area (Å²) in [6.45, 7) is 1.94. The van der Waals surface area contributed by atoms with Crippen molar-refractivity contribution >= 4 is 11.8 Å². The fourth-order valence-electron chi connectivity index (χ4n) is 4.41. The molecule has 0 aliphatic carbocycles. The monoisotopic (exact) mass is 360 g/mol. The molecule has 1 aromatic heterocycles. The number of aryl methyl sites for hydroxylation is 1. The first-order valence-corrected chi connectivity index (χ1v) is 8.82. The van der Waals surface area contributed by atoms with Gasteiger partial charge < -0.3 is 19.3 Å². The maximum absolute atomic E-state index is 13.1. The molecule has 140 valence electrons. The molecule has 2 fully saturated rings. The maximum atomic E-state index is 13.1. The number of methoxy groups -OCH3 is 1. The summed E-state index contributed by atoms with van der Waals surface area (Å²) in [7, 11) is 5.22. The Morgan fingerprint density at radius 2 is 2.35 bits per heavy atom. The molecule has 8 heteroatoms. The number of carbonyl (C=O) groups is 2. The lowest BCUT2D eigenvalue weighted by atomic mass is 9.76. The molecule has 0 saturated carbocycles. The van der Waals surface area contributed by atoms with Gasteiger partial charge in [-0.05, 0) is 0 Å². The van der Waals surface area contributed by atoms with E-state index in [1.807, 2.05) is 25.4 Å². The molecular weight excluding hydrogens is 336 g/mol. The predicted molar refractivity (Wildman–Crippen MR) is 91.9 cm³/mol. The molecule has 26 heavy (non-hydrogen) atoms. The number of hydrogen-bond acceptors (Lipinski definition) is 5. The molecule has 1 aromatic rings. The van der Waals surface area contributed by atoms with E-state index in [1.165, 1.54) is 0 Å². The number of aromatic nitrogens is 2. The van der Waals surface area contributed by atoms with Gasteiger partial charge in [0.25, 0.3) is 0 Å².